The number of likely N-dealkylation sites (tertiary alicyclic amines) is 1. The highest BCUT2D eigenvalue weighted by Gasteiger charge is 2.30. The Labute approximate surface area is 164 Å². The maximum Gasteiger partial charge on any atom is 0.326 e. The summed E-state index contributed by atoms with van der Waals surface area (Å²) in [5.74, 6) is -0.862. The number of carbonyl (C=O) groups excluding carboxylic acids is 2. The fraction of sp³-hybridized carbons (Fsp3) is 0.364. The molecule has 28 heavy (non-hydrogen) atoms. The molecule has 0 aliphatic carbocycles. The minimum absolute atomic E-state index is 0.0739. The van der Waals surface area contributed by atoms with Gasteiger partial charge in [0.2, 0.25) is 5.91 Å². The van der Waals surface area contributed by atoms with E-state index in [1.54, 1.807) is 31.2 Å². The van der Waals surface area contributed by atoms with Gasteiger partial charge in [0, 0.05) is 11.7 Å². The molecule has 0 bridgehead atoms. The molecule has 0 saturated carbocycles. The Hall–Kier alpha value is -2.73. The third kappa shape index (κ3) is 4.95. The number of esters is 1. The van der Waals surface area contributed by atoms with Crippen LogP contribution >= 0.6 is 0 Å². The van der Waals surface area contributed by atoms with Crippen LogP contribution in [0.25, 0.3) is 0 Å². The number of anilines is 1. The maximum absolute atomic E-state index is 13.2. The Bertz CT molecular complexity index is 795. The first kappa shape index (κ1) is 20.0. The number of amides is 1. The Morgan fingerprint density at radius 3 is 2.54 bits per heavy atom. The zero-order valence-corrected chi connectivity index (χ0v) is 16.0. The van der Waals surface area contributed by atoms with Crippen molar-refractivity contribution in [2.45, 2.75) is 25.8 Å². The molecule has 1 fully saturated rings. The number of para-hydroxylation sites is 1. The number of hydrogen-bond donors (Lipinski definition) is 0. The molecule has 2 aromatic rings. The second kappa shape index (κ2) is 9.46. The lowest BCUT2D eigenvalue weighted by atomic mass is 10.0. The molecular weight excluding hydrogens is 359 g/mol. The fourth-order valence-electron chi connectivity index (χ4n) is 3.60. The average Bonchev–Trinajstić information content (AvgIpc) is 3.15. The normalized spacial score (nSPS) is 16.7. The molecule has 1 amide bonds. The lowest BCUT2D eigenvalue weighted by Crippen LogP contribution is -2.43. The van der Waals surface area contributed by atoms with E-state index in [1.165, 1.54) is 17.0 Å². The zero-order chi connectivity index (χ0) is 19.9. The molecule has 5 nitrogen and oxygen atoms in total. The Kier molecular flexibility index (Phi) is 6.76. The van der Waals surface area contributed by atoms with Crippen LogP contribution in [0.15, 0.2) is 54.6 Å². The van der Waals surface area contributed by atoms with Gasteiger partial charge in [0.15, 0.2) is 0 Å². The van der Waals surface area contributed by atoms with Crippen LogP contribution in [0.2, 0.25) is 0 Å². The standard InChI is InChI=1S/C22H25FN2O3/c1-2-28-22(27)16-25(19-7-4-3-5-8-19)21(26)15-24-14-6-9-20(24)17-10-12-18(23)13-11-17/h3-5,7-8,10-13,20H,2,6,9,14-16H2,1H3. The van der Waals surface area contributed by atoms with Crippen molar-refractivity contribution in [2.75, 3.05) is 31.1 Å². The number of rotatable bonds is 7. The molecule has 1 saturated heterocycles. The van der Waals surface area contributed by atoms with Crippen LogP contribution in [0.1, 0.15) is 31.4 Å². The molecule has 2 aromatic carbocycles. The van der Waals surface area contributed by atoms with Crippen molar-refractivity contribution in [3.8, 4) is 0 Å². The van der Waals surface area contributed by atoms with Crippen molar-refractivity contribution in [2.24, 2.45) is 0 Å². The predicted octanol–water partition coefficient (Wildman–Crippen LogP) is 3.56. The number of ether oxygens (including phenoxy) is 1. The number of nitrogens with zero attached hydrogens (tertiary/aromatic N) is 2. The van der Waals surface area contributed by atoms with Gasteiger partial charge in [0.25, 0.3) is 0 Å². The predicted molar refractivity (Wildman–Crippen MR) is 105 cm³/mol. The molecular formula is C22H25FN2O3. The molecule has 1 aliphatic heterocycles. The highest BCUT2D eigenvalue weighted by molar-refractivity contribution is 5.98. The van der Waals surface area contributed by atoms with Gasteiger partial charge >= 0.3 is 5.97 Å². The quantitative estimate of drug-likeness (QED) is 0.685. The summed E-state index contributed by atoms with van der Waals surface area (Å²) in [4.78, 5) is 28.7. The van der Waals surface area contributed by atoms with Crippen molar-refractivity contribution in [1.82, 2.24) is 4.90 Å². The van der Waals surface area contributed by atoms with Crippen molar-refractivity contribution in [3.05, 3.63) is 66.0 Å². The first-order valence-electron chi connectivity index (χ1n) is 9.59. The average molecular weight is 384 g/mol. The van der Waals surface area contributed by atoms with Gasteiger partial charge in [0.05, 0.1) is 13.2 Å². The van der Waals surface area contributed by atoms with Crippen molar-refractivity contribution in [3.63, 3.8) is 0 Å². The van der Waals surface area contributed by atoms with Gasteiger partial charge < -0.3 is 9.64 Å². The van der Waals surface area contributed by atoms with E-state index in [1.807, 2.05) is 18.2 Å². The van der Waals surface area contributed by atoms with Crippen LogP contribution in [-0.2, 0) is 14.3 Å². The lowest BCUT2D eigenvalue weighted by molar-refractivity contribution is -0.142. The molecule has 1 unspecified atom stereocenters. The van der Waals surface area contributed by atoms with Gasteiger partial charge in [-0.3, -0.25) is 14.5 Å². The topological polar surface area (TPSA) is 49.9 Å². The van der Waals surface area contributed by atoms with Crippen molar-refractivity contribution < 1.29 is 18.7 Å². The molecule has 1 atom stereocenters. The number of halogens is 1. The SMILES string of the molecule is CCOC(=O)CN(C(=O)CN1CCCC1c1ccc(F)cc1)c1ccccc1. The van der Waals surface area contributed by atoms with E-state index in [0.29, 0.717) is 5.69 Å². The zero-order valence-electron chi connectivity index (χ0n) is 16.0. The third-order valence-corrected chi connectivity index (χ3v) is 4.92. The summed E-state index contributed by atoms with van der Waals surface area (Å²) in [6.45, 7) is 2.87. The Morgan fingerprint density at radius 2 is 1.86 bits per heavy atom. The van der Waals surface area contributed by atoms with Crippen LogP contribution in [0.3, 0.4) is 0 Å². The van der Waals surface area contributed by atoms with E-state index in [0.717, 1.165) is 24.9 Å². The van der Waals surface area contributed by atoms with Gasteiger partial charge in [-0.15, -0.1) is 0 Å². The second-order valence-corrected chi connectivity index (χ2v) is 6.80. The first-order valence-corrected chi connectivity index (χ1v) is 9.59. The van der Waals surface area contributed by atoms with E-state index in [4.69, 9.17) is 4.74 Å². The summed E-state index contributed by atoms with van der Waals surface area (Å²) < 4.78 is 18.3. The van der Waals surface area contributed by atoms with Gasteiger partial charge in [-0.25, -0.2) is 4.39 Å². The molecule has 0 spiro atoms. The van der Waals surface area contributed by atoms with Gasteiger partial charge in [-0.1, -0.05) is 30.3 Å². The minimum atomic E-state index is -0.434. The largest absolute Gasteiger partial charge is 0.465 e. The highest BCUT2D eigenvalue weighted by atomic mass is 19.1. The number of hydrogen-bond acceptors (Lipinski definition) is 4. The summed E-state index contributed by atoms with van der Waals surface area (Å²) in [6.07, 6.45) is 1.89. The molecule has 1 heterocycles. The van der Waals surface area contributed by atoms with E-state index in [2.05, 4.69) is 4.90 Å². The van der Waals surface area contributed by atoms with E-state index >= 15 is 0 Å². The van der Waals surface area contributed by atoms with E-state index < -0.39 is 5.97 Å². The highest BCUT2D eigenvalue weighted by Crippen LogP contribution is 2.32. The molecule has 0 aromatic heterocycles. The van der Waals surface area contributed by atoms with Gasteiger partial charge in [0.1, 0.15) is 12.4 Å². The van der Waals surface area contributed by atoms with Crippen molar-refractivity contribution >= 4 is 17.6 Å². The van der Waals surface area contributed by atoms with E-state index in [-0.39, 0.29) is 37.5 Å². The van der Waals surface area contributed by atoms with Crippen LogP contribution < -0.4 is 4.90 Å². The molecule has 0 N–H and O–H groups in total. The number of benzene rings is 2. The summed E-state index contributed by atoms with van der Waals surface area (Å²) in [7, 11) is 0. The number of carbonyl (C=O) groups is 2. The van der Waals surface area contributed by atoms with Gasteiger partial charge in [-0.2, -0.15) is 0 Å². The third-order valence-electron chi connectivity index (χ3n) is 4.92. The Balaban J connectivity index is 1.75. The van der Waals surface area contributed by atoms with Crippen LogP contribution in [0, 0.1) is 5.82 Å². The minimum Gasteiger partial charge on any atom is -0.465 e. The molecule has 6 heteroatoms. The summed E-state index contributed by atoms with van der Waals surface area (Å²) in [5, 5.41) is 0. The molecule has 148 valence electrons. The fourth-order valence-corrected chi connectivity index (χ4v) is 3.60. The lowest BCUT2D eigenvalue weighted by Gasteiger charge is -2.28. The van der Waals surface area contributed by atoms with E-state index in [9.17, 15) is 14.0 Å². The second-order valence-electron chi connectivity index (χ2n) is 6.80. The molecule has 1 aliphatic rings. The first-order chi connectivity index (χ1) is 13.6. The smallest absolute Gasteiger partial charge is 0.326 e. The van der Waals surface area contributed by atoms with Gasteiger partial charge in [-0.05, 0) is 56.1 Å². The monoisotopic (exact) mass is 384 g/mol. The summed E-state index contributed by atoms with van der Waals surface area (Å²) in [5.41, 5.74) is 1.67. The maximum atomic E-state index is 13.2. The van der Waals surface area contributed by atoms with Crippen molar-refractivity contribution in [1.29, 1.82) is 0 Å². The van der Waals surface area contributed by atoms with Crippen LogP contribution in [-0.4, -0.2) is 43.0 Å². The van der Waals surface area contributed by atoms with Crippen LogP contribution in [0.5, 0.6) is 0 Å². The molecule has 3 rings (SSSR count). The summed E-state index contributed by atoms with van der Waals surface area (Å²) >= 11 is 0. The molecule has 0 radical (unpaired) electrons. The Morgan fingerprint density at radius 1 is 1.14 bits per heavy atom. The van der Waals surface area contributed by atoms with Crippen LogP contribution in [0.4, 0.5) is 10.1 Å². The summed E-state index contributed by atoms with van der Waals surface area (Å²) in [6, 6.07) is 15.7.